The molecule has 32 heavy (non-hydrogen) atoms. The summed E-state index contributed by atoms with van der Waals surface area (Å²) in [4.78, 5) is 34.7. The van der Waals surface area contributed by atoms with Gasteiger partial charge in [0, 0.05) is 18.8 Å². The van der Waals surface area contributed by atoms with Crippen molar-refractivity contribution in [2.45, 2.75) is 38.8 Å². The lowest BCUT2D eigenvalue weighted by Gasteiger charge is -2.21. The molecule has 3 aromatic rings. The van der Waals surface area contributed by atoms with Gasteiger partial charge in [0.15, 0.2) is 5.84 Å². The van der Waals surface area contributed by atoms with Crippen LogP contribution in [0, 0.1) is 5.92 Å². The molecule has 0 fully saturated rings. The molecule has 164 valence electrons. The van der Waals surface area contributed by atoms with Crippen LogP contribution in [0.2, 0.25) is 0 Å². The molecule has 0 aliphatic carbocycles. The minimum Gasteiger partial charge on any atom is -0.453 e. The molecule has 1 aliphatic heterocycles. The number of aliphatic imine (C=N–C) groups is 1. The fraction of sp³-hybridized carbons (Fsp3) is 0.292. The van der Waals surface area contributed by atoms with E-state index in [0.29, 0.717) is 12.1 Å². The third-order valence-corrected chi connectivity index (χ3v) is 5.81. The van der Waals surface area contributed by atoms with Gasteiger partial charge in [-0.2, -0.15) is 5.10 Å². The first kappa shape index (κ1) is 21.4. The van der Waals surface area contributed by atoms with Gasteiger partial charge in [-0.15, -0.1) is 0 Å². The highest BCUT2D eigenvalue weighted by molar-refractivity contribution is 6.17. The molecule has 2 aromatic heterocycles. The Kier molecular flexibility index (Phi) is 5.85. The van der Waals surface area contributed by atoms with Crippen molar-refractivity contribution >= 4 is 17.7 Å². The summed E-state index contributed by atoms with van der Waals surface area (Å²) >= 11 is 0. The molecule has 0 saturated heterocycles. The van der Waals surface area contributed by atoms with Gasteiger partial charge in [-0.25, -0.2) is 9.79 Å². The Balaban J connectivity index is 1.64. The molecule has 2 N–H and O–H groups in total. The maximum absolute atomic E-state index is 13.3. The van der Waals surface area contributed by atoms with Crippen molar-refractivity contribution in [1.82, 2.24) is 20.5 Å². The average Bonchev–Trinajstić information content (AvgIpc) is 3.42. The van der Waals surface area contributed by atoms with Crippen LogP contribution in [0.4, 0.5) is 0 Å². The van der Waals surface area contributed by atoms with Gasteiger partial charge in [0.25, 0.3) is 5.91 Å². The van der Waals surface area contributed by atoms with Crippen molar-refractivity contribution in [2.24, 2.45) is 10.9 Å². The molecule has 8 nitrogen and oxygen atoms in total. The van der Waals surface area contributed by atoms with E-state index in [-0.39, 0.29) is 23.2 Å². The van der Waals surface area contributed by atoms with Crippen LogP contribution < -0.4 is 5.32 Å². The summed E-state index contributed by atoms with van der Waals surface area (Å²) in [5, 5.41) is 9.55. The van der Waals surface area contributed by atoms with Crippen molar-refractivity contribution < 1.29 is 14.3 Å². The SMILES string of the molecule is CC(C)C1(C)N=C(c2ncccc2C(=O)OC(Cc2cn[nH]c2)c2ccccc2)NC1=O. The van der Waals surface area contributed by atoms with Gasteiger partial charge in [0.05, 0.1) is 11.8 Å². The number of H-pyrrole nitrogens is 1. The number of amidine groups is 1. The zero-order valence-electron chi connectivity index (χ0n) is 18.2. The predicted molar refractivity (Wildman–Crippen MR) is 119 cm³/mol. The molecular formula is C24H25N5O3. The van der Waals surface area contributed by atoms with Crippen molar-refractivity contribution in [3.63, 3.8) is 0 Å². The highest BCUT2D eigenvalue weighted by Gasteiger charge is 2.43. The van der Waals surface area contributed by atoms with E-state index in [4.69, 9.17) is 4.74 Å². The number of nitrogens with one attached hydrogen (secondary N) is 2. The first-order valence-electron chi connectivity index (χ1n) is 10.5. The average molecular weight is 431 g/mol. The lowest BCUT2D eigenvalue weighted by atomic mass is 9.89. The number of aromatic amines is 1. The molecule has 8 heteroatoms. The second-order valence-corrected chi connectivity index (χ2v) is 8.23. The first-order valence-corrected chi connectivity index (χ1v) is 10.5. The van der Waals surface area contributed by atoms with Crippen molar-refractivity contribution in [3.8, 4) is 0 Å². The Morgan fingerprint density at radius 1 is 1.16 bits per heavy atom. The quantitative estimate of drug-likeness (QED) is 0.558. The summed E-state index contributed by atoms with van der Waals surface area (Å²) in [6.07, 6.45) is 4.98. The van der Waals surface area contributed by atoms with Crippen LogP contribution in [0.3, 0.4) is 0 Å². The minimum absolute atomic E-state index is 0.0171. The van der Waals surface area contributed by atoms with E-state index < -0.39 is 17.6 Å². The van der Waals surface area contributed by atoms with Gasteiger partial charge in [0.2, 0.25) is 0 Å². The van der Waals surface area contributed by atoms with Crippen LogP contribution >= 0.6 is 0 Å². The van der Waals surface area contributed by atoms with Crippen LogP contribution in [0.25, 0.3) is 0 Å². The number of benzene rings is 1. The number of carbonyl (C=O) groups is 2. The fourth-order valence-corrected chi connectivity index (χ4v) is 3.50. The number of hydrogen-bond donors (Lipinski definition) is 2. The number of amides is 1. The molecule has 1 amide bonds. The molecule has 2 unspecified atom stereocenters. The summed E-state index contributed by atoms with van der Waals surface area (Å²) in [5.41, 5.74) is 1.41. The van der Waals surface area contributed by atoms with Crippen molar-refractivity contribution in [1.29, 1.82) is 0 Å². The lowest BCUT2D eigenvalue weighted by Crippen LogP contribution is -2.41. The summed E-state index contributed by atoms with van der Waals surface area (Å²) in [5.74, 6) is -0.489. The van der Waals surface area contributed by atoms with Gasteiger partial charge in [-0.3, -0.25) is 14.9 Å². The molecular weight excluding hydrogens is 406 g/mol. The topological polar surface area (TPSA) is 109 Å². The zero-order valence-corrected chi connectivity index (χ0v) is 18.2. The maximum Gasteiger partial charge on any atom is 0.341 e. The van der Waals surface area contributed by atoms with Crippen LogP contribution in [-0.4, -0.2) is 38.4 Å². The van der Waals surface area contributed by atoms with Crippen LogP contribution in [0.5, 0.6) is 0 Å². The molecule has 3 heterocycles. The molecule has 2 atom stereocenters. The maximum atomic E-state index is 13.3. The van der Waals surface area contributed by atoms with Gasteiger partial charge in [-0.1, -0.05) is 44.2 Å². The van der Waals surface area contributed by atoms with Crippen LogP contribution in [-0.2, 0) is 16.0 Å². The van der Waals surface area contributed by atoms with E-state index in [0.717, 1.165) is 11.1 Å². The molecule has 4 rings (SSSR count). The Morgan fingerprint density at radius 3 is 2.59 bits per heavy atom. The van der Waals surface area contributed by atoms with Gasteiger partial charge >= 0.3 is 5.97 Å². The Bertz CT molecular complexity index is 1140. The number of nitrogens with zero attached hydrogens (tertiary/aromatic N) is 3. The molecule has 0 bridgehead atoms. The second kappa shape index (κ2) is 8.74. The lowest BCUT2D eigenvalue weighted by molar-refractivity contribution is -0.124. The number of esters is 1. The van der Waals surface area contributed by atoms with E-state index in [9.17, 15) is 9.59 Å². The van der Waals surface area contributed by atoms with Gasteiger partial charge in [0.1, 0.15) is 17.3 Å². The molecule has 1 aromatic carbocycles. The predicted octanol–water partition coefficient (Wildman–Crippen LogP) is 3.24. The third-order valence-electron chi connectivity index (χ3n) is 5.81. The number of carbonyl (C=O) groups excluding carboxylic acids is 2. The minimum atomic E-state index is -0.915. The van der Waals surface area contributed by atoms with Crippen molar-refractivity contribution in [3.05, 3.63) is 83.4 Å². The Hall–Kier alpha value is -3.81. The highest BCUT2D eigenvalue weighted by Crippen LogP contribution is 2.28. The van der Waals surface area contributed by atoms with E-state index in [1.807, 2.05) is 44.2 Å². The first-order chi connectivity index (χ1) is 15.4. The summed E-state index contributed by atoms with van der Waals surface area (Å²) in [6, 6.07) is 12.8. The summed E-state index contributed by atoms with van der Waals surface area (Å²) in [6.45, 7) is 5.64. The Morgan fingerprint density at radius 2 is 1.94 bits per heavy atom. The Labute approximate surface area is 186 Å². The molecule has 1 aliphatic rings. The number of ether oxygens (including phenoxy) is 1. The number of rotatable bonds is 7. The summed E-state index contributed by atoms with van der Waals surface area (Å²) in [7, 11) is 0. The number of hydrogen-bond acceptors (Lipinski definition) is 6. The second-order valence-electron chi connectivity index (χ2n) is 8.23. The normalized spacial score (nSPS) is 18.9. The van der Waals surface area contributed by atoms with Gasteiger partial charge in [-0.05, 0) is 36.1 Å². The highest BCUT2D eigenvalue weighted by atomic mass is 16.5. The number of pyridine rings is 1. The molecule has 0 radical (unpaired) electrons. The summed E-state index contributed by atoms with van der Waals surface area (Å²) < 4.78 is 5.93. The standard InChI is InChI=1S/C24H25N5O3/c1-15(2)24(3)23(31)28-21(29-24)20-18(10-7-11-25-20)22(30)32-19(12-16-13-26-27-14-16)17-8-5-4-6-9-17/h4-11,13-15,19H,12H2,1-3H3,(H,26,27)(H,28,29,31). The van der Waals surface area contributed by atoms with Crippen LogP contribution in [0.15, 0.2) is 66.0 Å². The zero-order chi connectivity index (χ0) is 22.7. The smallest absolute Gasteiger partial charge is 0.341 e. The monoisotopic (exact) mass is 431 g/mol. The van der Waals surface area contributed by atoms with E-state index in [1.165, 1.54) is 0 Å². The molecule has 0 saturated carbocycles. The van der Waals surface area contributed by atoms with E-state index in [1.54, 1.807) is 37.6 Å². The third kappa shape index (κ3) is 4.16. The van der Waals surface area contributed by atoms with E-state index in [2.05, 4.69) is 25.5 Å². The van der Waals surface area contributed by atoms with Crippen LogP contribution in [0.1, 0.15) is 54.1 Å². The fourth-order valence-electron chi connectivity index (χ4n) is 3.50. The largest absolute Gasteiger partial charge is 0.453 e. The van der Waals surface area contributed by atoms with Crippen molar-refractivity contribution in [2.75, 3.05) is 0 Å². The number of aromatic nitrogens is 3. The van der Waals surface area contributed by atoms with E-state index >= 15 is 0 Å². The van der Waals surface area contributed by atoms with Gasteiger partial charge < -0.3 is 10.1 Å². The molecule has 0 spiro atoms.